The van der Waals surface area contributed by atoms with Crippen molar-refractivity contribution in [3.8, 4) is 5.75 Å². The molecule has 98 valence electrons. The van der Waals surface area contributed by atoms with Crippen LogP contribution in [0, 0.1) is 0 Å². The third kappa shape index (κ3) is 4.31. The van der Waals surface area contributed by atoms with Crippen LogP contribution in [-0.4, -0.2) is 31.6 Å². The number of ether oxygens (including phenoxy) is 1. The zero-order valence-electron chi connectivity index (χ0n) is 10.1. The normalized spacial score (nSPS) is 19.3. The summed E-state index contributed by atoms with van der Waals surface area (Å²) in [7, 11) is 0. The number of benzene rings is 1. The number of carbonyl (C=O) groups excluding carboxylic acids is 1. The highest BCUT2D eigenvalue weighted by atomic mass is 79.9. The molecule has 1 atom stereocenters. The fourth-order valence-corrected chi connectivity index (χ4v) is 2.19. The van der Waals surface area contributed by atoms with Crippen molar-refractivity contribution in [2.75, 3.05) is 19.7 Å². The summed E-state index contributed by atoms with van der Waals surface area (Å²) in [5.41, 5.74) is 0. The van der Waals surface area contributed by atoms with Crippen LogP contribution in [-0.2, 0) is 4.79 Å². The summed E-state index contributed by atoms with van der Waals surface area (Å²) in [6, 6.07) is 7.68. The first kappa shape index (κ1) is 13.4. The van der Waals surface area contributed by atoms with E-state index in [1.165, 1.54) is 0 Å². The van der Waals surface area contributed by atoms with Gasteiger partial charge in [-0.05, 0) is 43.7 Å². The van der Waals surface area contributed by atoms with Gasteiger partial charge in [-0.25, -0.2) is 0 Å². The van der Waals surface area contributed by atoms with Gasteiger partial charge < -0.3 is 15.4 Å². The second-order valence-electron chi connectivity index (χ2n) is 4.35. The van der Waals surface area contributed by atoms with E-state index in [0.29, 0.717) is 5.75 Å². The number of halogens is 1. The fourth-order valence-electron chi connectivity index (χ4n) is 1.92. The van der Waals surface area contributed by atoms with Crippen LogP contribution >= 0.6 is 15.9 Å². The number of hydrogen-bond acceptors (Lipinski definition) is 3. The number of nitrogens with one attached hydrogen (secondary N) is 2. The average molecular weight is 313 g/mol. The molecule has 4 nitrogen and oxygen atoms in total. The minimum Gasteiger partial charge on any atom is -0.484 e. The van der Waals surface area contributed by atoms with Crippen molar-refractivity contribution in [2.24, 2.45) is 0 Å². The smallest absolute Gasteiger partial charge is 0.258 e. The van der Waals surface area contributed by atoms with Crippen LogP contribution in [0.2, 0.25) is 0 Å². The van der Waals surface area contributed by atoms with Crippen LogP contribution in [0.15, 0.2) is 28.7 Å². The maximum atomic E-state index is 11.7. The topological polar surface area (TPSA) is 50.4 Å². The highest BCUT2D eigenvalue weighted by molar-refractivity contribution is 9.10. The van der Waals surface area contributed by atoms with E-state index in [4.69, 9.17) is 4.74 Å². The molecule has 18 heavy (non-hydrogen) atoms. The maximum absolute atomic E-state index is 11.7. The van der Waals surface area contributed by atoms with Crippen molar-refractivity contribution in [3.05, 3.63) is 28.7 Å². The molecule has 2 rings (SSSR count). The molecule has 1 aliphatic rings. The highest BCUT2D eigenvalue weighted by Gasteiger charge is 2.15. The Bertz CT molecular complexity index is 388. The van der Waals surface area contributed by atoms with Crippen LogP contribution < -0.4 is 15.4 Å². The van der Waals surface area contributed by atoms with Crippen molar-refractivity contribution in [3.63, 3.8) is 0 Å². The van der Waals surface area contributed by atoms with Crippen molar-refractivity contribution in [1.82, 2.24) is 10.6 Å². The first-order chi connectivity index (χ1) is 8.74. The van der Waals surface area contributed by atoms with Gasteiger partial charge in [0.2, 0.25) is 0 Å². The Labute approximate surface area is 115 Å². The van der Waals surface area contributed by atoms with Crippen LogP contribution in [0.3, 0.4) is 0 Å². The molecule has 5 heteroatoms. The number of piperidine rings is 1. The van der Waals surface area contributed by atoms with Crippen molar-refractivity contribution < 1.29 is 9.53 Å². The Morgan fingerprint density at radius 1 is 1.44 bits per heavy atom. The minimum atomic E-state index is -0.0633. The van der Waals surface area contributed by atoms with E-state index >= 15 is 0 Å². The molecule has 1 fully saturated rings. The van der Waals surface area contributed by atoms with Crippen molar-refractivity contribution >= 4 is 21.8 Å². The summed E-state index contributed by atoms with van der Waals surface area (Å²) in [5.74, 6) is 0.640. The standard InChI is InChI=1S/C13H17BrN2O2/c14-10-3-5-12(6-4-10)18-9-13(17)16-11-2-1-7-15-8-11/h3-6,11,15H,1-2,7-9H2,(H,16,17). The van der Waals surface area contributed by atoms with Gasteiger partial charge in [-0.2, -0.15) is 0 Å². The molecule has 1 saturated heterocycles. The van der Waals surface area contributed by atoms with Crippen LogP contribution in [0.1, 0.15) is 12.8 Å². The van der Waals surface area contributed by atoms with Crippen LogP contribution in [0.25, 0.3) is 0 Å². The lowest BCUT2D eigenvalue weighted by Crippen LogP contribution is -2.46. The van der Waals surface area contributed by atoms with Crippen molar-refractivity contribution in [1.29, 1.82) is 0 Å². The molecule has 1 unspecified atom stereocenters. The summed E-state index contributed by atoms with van der Waals surface area (Å²) >= 11 is 3.35. The second-order valence-corrected chi connectivity index (χ2v) is 5.27. The van der Waals surface area contributed by atoms with Gasteiger partial charge in [-0.15, -0.1) is 0 Å². The summed E-state index contributed by atoms with van der Waals surface area (Å²) in [4.78, 5) is 11.7. The van der Waals surface area contributed by atoms with E-state index in [-0.39, 0.29) is 18.6 Å². The average Bonchev–Trinajstić information content (AvgIpc) is 2.39. The van der Waals surface area contributed by atoms with Gasteiger partial charge in [0.15, 0.2) is 6.61 Å². The lowest BCUT2D eigenvalue weighted by atomic mass is 10.1. The Morgan fingerprint density at radius 2 is 2.22 bits per heavy atom. The van der Waals surface area contributed by atoms with E-state index in [1.807, 2.05) is 24.3 Å². The van der Waals surface area contributed by atoms with Gasteiger partial charge in [-0.3, -0.25) is 4.79 Å². The Kier molecular flexibility index (Phi) is 5.01. The molecule has 1 aliphatic heterocycles. The monoisotopic (exact) mass is 312 g/mol. The third-order valence-corrected chi connectivity index (χ3v) is 3.37. The molecule has 0 spiro atoms. The van der Waals surface area contributed by atoms with Crippen LogP contribution in [0.5, 0.6) is 5.75 Å². The first-order valence-electron chi connectivity index (χ1n) is 6.12. The summed E-state index contributed by atoms with van der Waals surface area (Å²) in [6.45, 7) is 1.96. The summed E-state index contributed by atoms with van der Waals surface area (Å²) < 4.78 is 6.40. The van der Waals surface area contributed by atoms with E-state index in [9.17, 15) is 4.79 Å². The highest BCUT2D eigenvalue weighted by Crippen LogP contribution is 2.15. The van der Waals surface area contributed by atoms with Gasteiger partial charge in [0, 0.05) is 17.1 Å². The van der Waals surface area contributed by atoms with Gasteiger partial charge in [0.25, 0.3) is 5.91 Å². The maximum Gasteiger partial charge on any atom is 0.258 e. The molecule has 1 heterocycles. The van der Waals surface area contributed by atoms with Crippen LogP contribution in [0.4, 0.5) is 0 Å². The molecule has 2 N–H and O–H groups in total. The molecule has 0 aromatic heterocycles. The Hall–Kier alpha value is -1.07. The molecule has 0 saturated carbocycles. The first-order valence-corrected chi connectivity index (χ1v) is 6.92. The zero-order chi connectivity index (χ0) is 12.8. The lowest BCUT2D eigenvalue weighted by Gasteiger charge is -2.23. The number of rotatable bonds is 4. The number of amides is 1. The SMILES string of the molecule is O=C(COc1ccc(Br)cc1)NC1CCCNC1. The number of carbonyl (C=O) groups is 1. The third-order valence-electron chi connectivity index (χ3n) is 2.85. The van der Waals surface area contributed by atoms with Gasteiger partial charge in [0.05, 0.1) is 0 Å². The van der Waals surface area contributed by atoms with Gasteiger partial charge >= 0.3 is 0 Å². The predicted molar refractivity (Wildman–Crippen MR) is 73.7 cm³/mol. The quantitative estimate of drug-likeness (QED) is 0.889. The molecular weight excluding hydrogens is 296 g/mol. The van der Waals surface area contributed by atoms with E-state index in [1.54, 1.807) is 0 Å². The predicted octanol–water partition coefficient (Wildman–Crippen LogP) is 1.70. The molecule has 1 aromatic carbocycles. The second kappa shape index (κ2) is 6.75. The molecular formula is C13H17BrN2O2. The van der Waals surface area contributed by atoms with Gasteiger partial charge in [-0.1, -0.05) is 15.9 Å². The van der Waals surface area contributed by atoms with E-state index < -0.39 is 0 Å². The fraction of sp³-hybridized carbons (Fsp3) is 0.462. The summed E-state index contributed by atoms with van der Waals surface area (Å²) in [6.07, 6.45) is 2.15. The Morgan fingerprint density at radius 3 is 2.89 bits per heavy atom. The lowest BCUT2D eigenvalue weighted by molar-refractivity contribution is -0.123. The summed E-state index contributed by atoms with van der Waals surface area (Å²) in [5, 5.41) is 6.22. The molecule has 1 amide bonds. The molecule has 1 aromatic rings. The molecule has 0 aliphatic carbocycles. The van der Waals surface area contributed by atoms with E-state index in [0.717, 1.165) is 30.4 Å². The minimum absolute atomic E-state index is 0.0633. The zero-order valence-corrected chi connectivity index (χ0v) is 11.7. The molecule has 0 radical (unpaired) electrons. The largest absolute Gasteiger partial charge is 0.484 e. The van der Waals surface area contributed by atoms with E-state index in [2.05, 4.69) is 26.6 Å². The molecule has 0 bridgehead atoms. The number of hydrogen-bond donors (Lipinski definition) is 2. The van der Waals surface area contributed by atoms with Crippen molar-refractivity contribution in [2.45, 2.75) is 18.9 Å². The Balaban J connectivity index is 1.72. The van der Waals surface area contributed by atoms with Gasteiger partial charge in [0.1, 0.15) is 5.75 Å².